The Balaban J connectivity index is 1.53. The Morgan fingerprint density at radius 3 is 2.68 bits per heavy atom. The van der Waals surface area contributed by atoms with Crippen LogP contribution in [0.2, 0.25) is 0 Å². The lowest BCUT2D eigenvalue weighted by Gasteiger charge is -2.23. The fourth-order valence-electron chi connectivity index (χ4n) is 3.90. The Morgan fingerprint density at radius 1 is 1.12 bits per heavy atom. The fraction of sp³-hybridized carbons (Fsp3) is 0.333. The van der Waals surface area contributed by atoms with E-state index in [2.05, 4.69) is 84.0 Å². The Kier molecular flexibility index (Phi) is 4.50. The molecule has 1 fully saturated rings. The number of nitrogens with zero attached hydrogens (tertiary/aromatic N) is 2. The zero-order valence-corrected chi connectivity index (χ0v) is 16.3. The van der Waals surface area contributed by atoms with Gasteiger partial charge in [0.05, 0.1) is 0 Å². The van der Waals surface area contributed by atoms with Gasteiger partial charge in [-0.1, -0.05) is 35.9 Å². The van der Waals surface area contributed by atoms with Gasteiger partial charge >= 0.3 is 0 Å². The zero-order chi connectivity index (χ0) is 17.4. The van der Waals surface area contributed by atoms with E-state index in [1.165, 1.54) is 40.3 Å². The first-order chi connectivity index (χ1) is 12.1. The summed E-state index contributed by atoms with van der Waals surface area (Å²) in [7, 11) is 3.93. The minimum Gasteiger partial charge on any atom is -0.361 e. The van der Waals surface area contributed by atoms with E-state index < -0.39 is 8.96 Å². The minimum atomic E-state index is -0.578. The van der Waals surface area contributed by atoms with Crippen LogP contribution in [0.1, 0.15) is 22.2 Å². The quantitative estimate of drug-likeness (QED) is 0.726. The highest BCUT2D eigenvalue weighted by molar-refractivity contribution is 6.58. The number of H-pyrrole nitrogens is 1. The summed E-state index contributed by atoms with van der Waals surface area (Å²) >= 11 is 0. The minimum absolute atomic E-state index is 0.578. The standard InChI is InChI=1S/C21H26N3Si/c1-16-4-7-18(8-5-16)21-14-24(15-25(21)23(2)3)13-17-6-9-20-19(12-17)10-11-22-20/h4-12,21-22H,13-15H2,1-3H3. The summed E-state index contributed by atoms with van der Waals surface area (Å²) in [5.41, 5.74) is 6.17. The van der Waals surface area contributed by atoms with Gasteiger partial charge in [0.2, 0.25) is 0 Å². The number of hydrogen-bond donors (Lipinski definition) is 1. The topological polar surface area (TPSA) is 22.3 Å². The van der Waals surface area contributed by atoms with Gasteiger partial charge in [0.25, 0.3) is 0 Å². The molecule has 1 atom stereocenters. The molecule has 2 heterocycles. The number of hydrogen-bond acceptors (Lipinski definition) is 2. The highest BCUT2D eigenvalue weighted by Gasteiger charge is 2.37. The maximum atomic E-state index is 3.28. The summed E-state index contributed by atoms with van der Waals surface area (Å²) in [6.07, 6.45) is 3.24. The molecule has 0 spiro atoms. The van der Waals surface area contributed by atoms with E-state index in [4.69, 9.17) is 0 Å². The lowest BCUT2D eigenvalue weighted by molar-refractivity contribution is 0.332. The molecule has 3 nitrogen and oxygen atoms in total. The molecule has 1 radical (unpaired) electrons. The van der Waals surface area contributed by atoms with Gasteiger partial charge in [0.1, 0.15) is 0 Å². The molecule has 4 rings (SSSR count). The van der Waals surface area contributed by atoms with E-state index in [1.54, 1.807) is 0 Å². The SMILES string of the molecule is Cc1ccc(C2CN(Cc3ccc4[nH]ccc4c3)C[Si]2N(C)C)cc1. The number of aromatic amines is 1. The van der Waals surface area contributed by atoms with Gasteiger partial charge in [-0.05, 0) is 55.7 Å². The smallest absolute Gasteiger partial charge is 0.160 e. The van der Waals surface area contributed by atoms with Crippen molar-refractivity contribution in [3.05, 3.63) is 71.4 Å². The molecule has 1 unspecified atom stereocenters. The van der Waals surface area contributed by atoms with E-state index in [0.29, 0.717) is 5.54 Å². The maximum Gasteiger partial charge on any atom is 0.160 e. The lowest BCUT2D eigenvalue weighted by atomic mass is 10.1. The van der Waals surface area contributed by atoms with Crippen LogP contribution >= 0.6 is 0 Å². The first-order valence-electron chi connectivity index (χ1n) is 8.98. The Labute approximate surface area is 152 Å². The predicted octanol–water partition coefficient (Wildman–Crippen LogP) is 3.71. The number of aryl methyl sites for hydroxylation is 1. The molecule has 0 bridgehead atoms. The van der Waals surface area contributed by atoms with Crippen molar-refractivity contribution in [2.45, 2.75) is 19.0 Å². The molecule has 1 aliphatic rings. The normalized spacial score (nSPS) is 19.3. The van der Waals surface area contributed by atoms with E-state index in [-0.39, 0.29) is 0 Å². The van der Waals surface area contributed by atoms with Crippen molar-refractivity contribution < 1.29 is 0 Å². The van der Waals surface area contributed by atoms with Gasteiger partial charge in [0, 0.05) is 36.5 Å². The van der Waals surface area contributed by atoms with E-state index >= 15 is 0 Å². The molecule has 3 aromatic rings. The molecular formula is C21H26N3Si. The van der Waals surface area contributed by atoms with Crippen LogP contribution in [0.3, 0.4) is 0 Å². The Hall–Kier alpha value is -1.88. The third-order valence-corrected chi connectivity index (χ3v) is 8.55. The third kappa shape index (κ3) is 3.43. The molecule has 129 valence electrons. The van der Waals surface area contributed by atoms with Crippen molar-refractivity contribution in [3.8, 4) is 0 Å². The number of rotatable bonds is 4. The molecule has 1 aliphatic heterocycles. The van der Waals surface area contributed by atoms with Gasteiger partial charge in [-0.2, -0.15) is 0 Å². The predicted molar refractivity (Wildman–Crippen MR) is 107 cm³/mol. The summed E-state index contributed by atoms with van der Waals surface area (Å²) in [5.74, 6) is 0. The van der Waals surface area contributed by atoms with Crippen molar-refractivity contribution in [1.82, 2.24) is 14.4 Å². The monoisotopic (exact) mass is 348 g/mol. The highest BCUT2D eigenvalue weighted by Crippen LogP contribution is 2.29. The van der Waals surface area contributed by atoms with Gasteiger partial charge < -0.3 is 14.4 Å². The van der Waals surface area contributed by atoms with E-state index in [1.807, 2.05) is 6.20 Å². The van der Waals surface area contributed by atoms with Crippen LogP contribution in [-0.4, -0.2) is 50.2 Å². The van der Waals surface area contributed by atoms with Gasteiger partial charge in [-0.3, -0.25) is 0 Å². The van der Waals surface area contributed by atoms with Crippen molar-refractivity contribution in [3.63, 3.8) is 0 Å². The Morgan fingerprint density at radius 2 is 1.92 bits per heavy atom. The second kappa shape index (κ2) is 6.79. The molecule has 1 saturated heterocycles. The Bertz CT molecular complexity index is 853. The van der Waals surface area contributed by atoms with Crippen molar-refractivity contribution in [2.75, 3.05) is 26.8 Å². The third-order valence-electron chi connectivity index (χ3n) is 5.31. The average Bonchev–Trinajstić information content (AvgIpc) is 3.22. The first kappa shape index (κ1) is 16.6. The number of aromatic nitrogens is 1. The van der Waals surface area contributed by atoms with Crippen molar-refractivity contribution in [1.29, 1.82) is 0 Å². The largest absolute Gasteiger partial charge is 0.361 e. The second-order valence-corrected chi connectivity index (χ2v) is 10.3. The second-order valence-electron chi connectivity index (χ2n) is 7.42. The first-order valence-corrected chi connectivity index (χ1v) is 10.7. The fourth-order valence-corrected chi connectivity index (χ4v) is 6.77. The molecule has 0 saturated carbocycles. The molecule has 0 amide bonds. The molecule has 25 heavy (non-hydrogen) atoms. The lowest BCUT2D eigenvalue weighted by Crippen LogP contribution is -2.40. The van der Waals surface area contributed by atoms with Crippen molar-refractivity contribution >= 4 is 19.9 Å². The summed E-state index contributed by atoms with van der Waals surface area (Å²) in [5, 5.41) is 1.31. The maximum absolute atomic E-state index is 3.28. The molecule has 4 heteroatoms. The average molecular weight is 349 g/mol. The summed E-state index contributed by atoms with van der Waals surface area (Å²) < 4.78 is 2.49. The van der Waals surface area contributed by atoms with E-state index in [0.717, 1.165) is 6.54 Å². The van der Waals surface area contributed by atoms with E-state index in [9.17, 15) is 0 Å². The van der Waals surface area contributed by atoms with Gasteiger partial charge in [0.15, 0.2) is 8.96 Å². The van der Waals surface area contributed by atoms with Crippen LogP contribution in [-0.2, 0) is 6.54 Å². The van der Waals surface area contributed by atoms with Gasteiger partial charge in [-0.25, -0.2) is 0 Å². The summed E-state index contributed by atoms with van der Waals surface area (Å²) in [4.78, 5) is 5.93. The van der Waals surface area contributed by atoms with Crippen LogP contribution in [0, 0.1) is 6.92 Å². The molecule has 0 aliphatic carbocycles. The summed E-state index contributed by atoms with van der Waals surface area (Å²) in [6, 6.07) is 18.1. The zero-order valence-electron chi connectivity index (χ0n) is 15.3. The molecular weight excluding hydrogens is 322 g/mol. The molecule has 1 aromatic heterocycles. The number of fused-ring (bicyclic) bond motifs is 1. The van der Waals surface area contributed by atoms with Crippen LogP contribution in [0.4, 0.5) is 0 Å². The number of nitrogens with one attached hydrogen (secondary N) is 1. The van der Waals surface area contributed by atoms with Crippen LogP contribution in [0.15, 0.2) is 54.7 Å². The summed E-state index contributed by atoms with van der Waals surface area (Å²) in [6.45, 7) is 4.38. The molecule has 2 aromatic carbocycles. The van der Waals surface area contributed by atoms with Crippen LogP contribution in [0.5, 0.6) is 0 Å². The van der Waals surface area contributed by atoms with Crippen LogP contribution in [0.25, 0.3) is 10.9 Å². The van der Waals surface area contributed by atoms with Crippen molar-refractivity contribution in [2.24, 2.45) is 0 Å². The van der Waals surface area contributed by atoms with Crippen LogP contribution < -0.4 is 0 Å². The van der Waals surface area contributed by atoms with Gasteiger partial charge in [-0.15, -0.1) is 0 Å². The number of benzene rings is 2. The molecule has 1 N–H and O–H groups in total. The highest BCUT2D eigenvalue weighted by atomic mass is 28.3.